The van der Waals surface area contributed by atoms with Gasteiger partial charge in [-0.3, -0.25) is 9.59 Å². The number of hydrogen-bond acceptors (Lipinski definition) is 4. The SMILES string of the molecule is CCC(CNC(=O)c1noc2c1CCCC2)(C(=O)O)c1ccccc1. The summed E-state index contributed by atoms with van der Waals surface area (Å²) >= 11 is 0. The molecule has 1 aliphatic rings. The molecule has 6 nitrogen and oxygen atoms in total. The quantitative estimate of drug-likeness (QED) is 0.842. The molecule has 1 amide bonds. The van der Waals surface area contributed by atoms with Gasteiger partial charge in [-0.25, -0.2) is 0 Å². The van der Waals surface area contributed by atoms with Crippen molar-refractivity contribution in [3.63, 3.8) is 0 Å². The lowest BCUT2D eigenvalue weighted by Gasteiger charge is -2.29. The molecule has 2 N–H and O–H groups in total. The summed E-state index contributed by atoms with van der Waals surface area (Å²) in [5, 5.41) is 16.5. The van der Waals surface area contributed by atoms with Crippen LogP contribution in [0.2, 0.25) is 0 Å². The molecular formula is C19H22N2O4. The topological polar surface area (TPSA) is 92.4 Å². The highest BCUT2D eigenvalue weighted by Gasteiger charge is 2.39. The number of fused-ring (bicyclic) bond motifs is 1. The van der Waals surface area contributed by atoms with Gasteiger partial charge in [0.15, 0.2) is 5.69 Å². The number of amides is 1. The fraction of sp³-hybridized carbons (Fsp3) is 0.421. The number of aryl methyl sites for hydroxylation is 1. The third kappa shape index (κ3) is 3.16. The van der Waals surface area contributed by atoms with Crippen LogP contribution in [0.15, 0.2) is 34.9 Å². The fourth-order valence-corrected chi connectivity index (χ4v) is 3.42. The van der Waals surface area contributed by atoms with Gasteiger partial charge in [0, 0.05) is 18.5 Å². The van der Waals surface area contributed by atoms with Gasteiger partial charge in [0.25, 0.3) is 5.91 Å². The van der Waals surface area contributed by atoms with E-state index in [0.717, 1.165) is 37.0 Å². The Hall–Kier alpha value is -2.63. The Morgan fingerprint density at radius 1 is 1.24 bits per heavy atom. The van der Waals surface area contributed by atoms with Gasteiger partial charge < -0.3 is 14.9 Å². The lowest BCUT2D eigenvalue weighted by atomic mass is 9.78. The van der Waals surface area contributed by atoms with Crippen molar-refractivity contribution < 1.29 is 19.2 Å². The molecule has 132 valence electrons. The zero-order valence-electron chi connectivity index (χ0n) is 14.2. The number of hydrogen-bond donors (Lipinski definition) is 2. The highest BCUT2D eigenvalue weighted by atomic mass is 16.5. The molecule has 0 bridgehead atoms. The first kappa shape index (κ1) is 17.2. The zero-order valence-corrected chi connectivity index (χ0v) is 14.2. The number of nitrogens with zero attached hydrogens (tertiary/aromatic N) is 1. The number of aliphatic carboxylic acids is 1. The first-order chi connectivity index (χ1) is 12.1. The first-order valence-electron chi connectivity index (χ1n) is 8.63. The predicted molar refractivity (Wildman–Crippen MR) is 91.5 cm³/mol. The predicted octanol–water partition coefficient (Wildman–Crippen LogP) is 2.72. The van der Waals surface area contributed by atoms with Gasteiger partial charge in [-0.2, -0.15) is 0 Å². The van der Waals surface area contributed by atoms with Gasteiger partial charge in [-0.1, -0.05) is 42.4 Å². The van der Waals surface area contributed by atoms with Crippen LogP contribution in [-0.4, -0.2) is 28.7 Å². The molecule has 0 radical (unpaired) electrons. The van der Waals surface area contributed by atoms with Gasteiger partial charge in [0.2, 0.25) is 0 Å². The Bertz CT molecular complexity index is 769. The van der Waals surface area contributed by atoms with E-state index in [1.54, 1.807) is 24.3 Å². The van der Waals surface area contributed by atoms with Crippen molar-refractivity contribution in [2.45, 2.75) is 44.4 Å². The summed E-state index contributed by atoms with van der Waals surface area (Å²) in [5.41, 5.74) is 0.660. The minimum absolute atomic E-state index is 0.00329. The minimum Gasteiger partial charge on any atom is -0.481 e. The number of nitrogens with one attached hydrogen (secondary N) is 1. The van der Waals surface area contributed by atoms with Crippen molar-refractivity contribution in [2.24, 2.45) is 0 Å². The molecule has 0 aliphatic heterocycles. The fourth-order valence-electron chi connectivity index (χ4n) is 3.42. The molecule has 0 saturated heterocycles. The molecule has 1 heterocycles. The van der Waals surface area contributed by atoms with Gasteiger partial charge in [0.05, 0.1) is 0 Å². The molecule has 25 heavy (non-hydrogen) atoms. The summed E-state index contributed by atoms with van der Waals surface area (Å²) in [5.74, 6) is -0.551. The van der Waals surface area contributed by atoms with Crippen molar-refractivity contribution in [3.8, 4) is 0 Å². The molecule has 6 heteroatoms. The van der Waals surface area contributed by atoms with Crippen LogP contribution in [0.3, 0.4) is 0 Å². The molecule has 0 saturated carbocycles. The molecule has 2 aromatic rings. The molecule has 1 aromatic carbocycles. The number of aromatic nitrogens is 1. The smallest absolute Gasteiger partial charge is 0.315 e. The third-order valence-corrected chi connectivity index (χ3v) is 5.06. The molecular weight excluding hydrogens is 320 g/mol. The van der Waals surface area contributed by atoms with E-state index in [2.05, 4.69) is 10.5 Å². The second-order valence-corrected chi connectivity index (χ2v) is 6.43. The average Bonchev–Trinajstić information content (AvgIpc) is 3.07. The van der Waals surface area contributed by atoms with Crippen LogP contribution in [0, 0.1) is 0 Å². The van der Waals surface area contributed by atoms with Crippen molar-refractivity contribution in [1.29, 1.82) is 0 Å². The van der Waals surface area contributed by atoms with Gasteiger partial charge in [-0.05, 0) is 31.2 Å². The Kier molecular flexibility index (Phi) is 4.88. The Labute approximate surface area is 146 Å². The second kappa shape index (κ2) is 7.09. The third-order valence-electron chi connectivity index (χ3n) is 5.06. The molecule has 1 atom stereocenters. The van der Waals surface area contributed by atoms with Crippen LogP contribution >= 0.6 is 0 Å². The van der Waals surface area contributed by atoms with E-state index in [0.29, 0.717) is 12.0 Å². The molecule has 3 rings (SSSR count). The van der Waals surface area contributed by atoms with Crippen LogP contribution < -0.4 is 5.32 Å². The number of carboxylic acids is 1. The van der Waals surface area contributed by atoms with E-state index >= 15 is 0 Å². The highest BCUT2D eigenvalue weighted by Crippen LogP contribution is 2.28. The maximum atomic E-state index is 12.6. The van der Waals surface area contributed by atoms with Gasteiger partial charge in [-0.15, -0.1) is 0 Å². The number of benzene rings is 1. The second-order valence-electron chi connectivity index (χ2n) is 6.43. The lowest BCUT2D eigenvalue weighted by Crippen LogP contribution is -2.46. The number of carbonyl (C=O) groups excluding carboxylic acids is 1. The summed E-state index contributed by atoms with van der Waals surface area (Å²) in [7, 11) is 0. The van der Waals surface area contributed by atoms with Crippen LogP contribution in [0.4, 0.5) is 0 Å². The Morgan fingerprint density at radius 2 is 1.96 bits per heavy atom. The van der Waals surface area contributed by atoms with E-state index in [4.69, 9.17) is 4.52 Å². The maximum absolute atomic E-state index is 12.6. The summed E-state index contributed by atoms with van der Waals surface area (Å²) in [6.07, 6.45) is 3.98. The van der Waals surface area contributed by atoms with Crippen molar-refractivity contribution in [1.82, 2.24) is 10.5 Å². The van der Waals surface area contributed by atoms with Gasteiger partial charge >= 0.3 is 5.97 Å². The average molecular weight is 342 g/mol. The highest BCUT2D eigenvalue weighted by molar-refractivity contribution is 5.94. The lowest BCUT2D eigenvalue weighted by molar-refractivity contribution is -0.143. The van der Waals surface area contributed by atoms with Crippen molar-refractivity contribution in [3.05, 3.63) is 52.9 Å². The first-order valence-corrected chi connectivity index (χ1v) is 8.63. The summed E-state index contributed by atoms with van der Waals surface area (Å²) in [6.45, 7) is 1.81. The monoisotopic (exact) mass is 342 g/mol. The van der Waals surface area contributed by atoms with E-state index in [1.165, 1.54) is 0 Å². The summed E-state index contributed by atoms with van der Waals surface area (Å²) in [6, 6.07) is 9.01. The Balaban J connectivity index is 1.81. The molecule has 0 spiro atoms. The van der Waals surface area contributed by atoms with E-state index in [-0.39, 0.29) is 18.1 Å². The van der Waals surface area contributed by atoms with E-state index < -0.39 is 11.4 Å². The largest absolute Gasteiger partial charge is 0.481 e. The minimum atomic E-state index is -1.17. The zero-order chi connectivity index (χ0) is 17.9. The van der Waals surface area contributed by atoms with Crippen molar-refractivity contribution >= 4 is 11.9 Å². The van der Waals surface area contributed by atoms with Crippen LogP contribution in [-0.2, 0) is 23.1 Å². The summed E-state index contributed by atoms with van der Waals surface area (Å²) < 4.78 is 5.27. The van der Waals surface area contributed by atoms with Crippen LogP contribution in [0.1, 0.15) is 53.6 Å². The maximum Gasteiger partial charge on any atom is 0.315 e. The standard InChI is InChI=1S/C19H22N2O4/c1-2-19(18(23)24,13-8-4-3-5-9-13)12-20-17(22)16-14-10-6-7-11-15(14)25-21-16/h3-5,8-9H,2,6-7,10-12H2,1H3,(H,20,22)(H,23,24). The summed E-state index contributed by atoms with van der Waals surface area (Å²) in [4.78, 5) is 24.6. The van der Waals surface area contributed by atoms with E-state index in [1.807, 2.05) is 13.0 Å². The van der Waals surface area contributed by atoms with Crippen LogP contribution in [0.25, 0.3) is 0 Å². The number of carboxylic acid groups (broad SMARTS) is 1. The Morgan fingerprint density at radius 3 is 2.64 bits per heavy atom. The van der Waals surface area contributed by atoms with Gasteiger partial charge in [0.1, 0.15) is 11.2 Å². The van der Waals surface area contributed by atoms with Crippen molar-refractivity contribution in [2.75, 3.05) is 6.54 Å². The van der Waals surface area contributed by atoms with E-state index in [9.17, 15) is 14.7 Å². The molecule has 1 unspecified atom stereocenters. The number of rotatable bonds is 6. The normalized spacial score (nSPS) is 15.9. The molecule has 1 aromatic heterocycles. The molecule has 0 fully saturated rings. The molecule has 1 aliphatic carbocycles. The van der Waals surface area contributed by atoms with Crippen LogP contribution in [0.5, 0.6) is 0 Å². The number of carbonyl (C=O) groups is 2.